The van der Waals surface area contributed by atoms with Crippen LogP contribution in [0, 0.1) is 23.6 Å². The van der Waals surface area contributed by atoms with Gasteiger partial charge in [0.05, 0.1) is 17.6 Å². The Balaban J connectivity index is 1.79. The third kappa shape index (κ3) is 6.89. The molecule has 2 fully saturated rings. The number of rotatable bonds is 10. The van der Waals surface area contributed by atoms with E-state index in [4.69, 9.17) is 5.73 Å². The van der Waals surface area contributed by atoms with Gasteiger partial charge in [0.2, 0.25) is 11.8 Å². The van der Waals surface area contributed by atoms with Gasteiger partial charge in [0, 0.05) is 6.54 Å². The Bertz CT molecular complexity index is 870. The van der Waals surface area contributed by atoms with Gasteiger partial charge in [-0.2, -0.15) is 13.2 Å². The minimum atomic E-state index is -4.54. The van der Waals surface area contributed by atoms with Crippen LogP contribution in [0.15, 0.2) is 12.1 Å². The predicted molar refractivity (Wildman–Crippen MR) is 117 cm³/mol. The first kappa shape index (κ1) is 25.4. The monoisotopic (exact) mass is 472 g/mol. The molecule has 2 aliphatic rings. The number of alkyl halides is 3. The highest BCUT2D eigenvalue weighted by Gasteiger charge is 2.46. The molecule has 33 heavy (non-hydrogen) atoms. The molecule has 0 aliphatic heterocycles. The number of nitrogens with two attached hydrogens (primary N) is 1. The molecule has 184 valence electrons. The summed E-state index contributed by atoms with van der Waals surface area (Å²) in [6, 6.07) is 1.82. The molecular formula is C23H32F4N4O2. The number of anilines is 1. The zero-order chi connectivity index (χ0) is 24.5. The van der Waals surface area contributed by atoms with E-state index < -0.39 is 42.3 Å². The summed E-state index contributed by atoms with van der Waals surface area (Å²) >= 11 is 0. The van der Waals surface area contributed by atoms with Crippen molar-refractivity contribution < 1.29 is 27.2 Å². The number of hydrogen-bond acceptors (Lipinski definition) is 4. The summed E-state index contributed by atoms with van der Waals surface area (Å²) in [5.41, 5.74) is 7.00. The summed E-state index contributed by atoms with van der Waals surface area (Å²) in [6.45, 7) is 0.259. The number of amides is 2. The van der Waals surface area contributed by atoms with Crippen LogP contribution in [0.5, 0.6) is 0 Å². The summed E-state index contributed by atoms with van der Waals surface area (Å²) in [7, 11) is 3.54. The first-order chi connectivity index (χ1) is 15.4. The van der Waals surface area contributed by atoms with Gasteiger partial charge in [0.15, 0.2) is 0 Å². The molecule has 0 heterocycles. The number of benzene rings is 1. The second-order valence-corrected chi connectivity index (χ2v) is 9.59. The highest BCUT2D eigenvalue weighted by molar-refractivity contribution is 5.95. The van der Waals surface area contributed by atoms with Gasteiger partial charge in [-0.05, 0) is 87.7 Å². The second-order valence-electron chi connectivity index (χ2n) is 9.59. The van der Waals surface area contributed by atoms with Crippen molar-refractivity contribution >= 4 is 17.5 Å². The van der Waals surface area contributed by atoms with E-state index in [1.165, 1.54) is 13.0 Å². The standard InChI is InChI=1S/C23H32F4N4O2/c1-12(21(32)29-11-23(25,26)27)16-9-17(24)18(8-15(16)10-31(2)3)30-22(33)20(28)19(13-4-5-13)14-6-7-14/h8-9,12-14,19-20H,4-7,10-11,28H2,1-3H3,(H,29,32)(H,30,33)/t12-,20-/m0/s1. The fourth-order valence-corrected chi connectivity index (χ4v) is 4.42. The lowest BCUT2D eigenvalue weighted by molar-refractivity contribution is -0.139. The molecule has 2 aliphatic carbocycles. The van der Waals surface area contributed by atoms with Gasteiger partial charge in [-0.25, -0.2) is 4.39 Å². The van der Waals surface area contributed by atoms with Crippen molar-refractivity contribution in [2.24, 2.45) is 23.5 Å². The highest BCUT2D eigenvalue weighted by atomic mass is 19.4. The van der Waals surface area contributed by atoms with Gasteiger partial charge in [-0.3, -0.25) is 9.59 Å². The van der Waals surface area contributed by atoms with Gasteiger partial charge >= 0.3 is 6.18 Å². The lowest BCUT2D eigenvalue weighted by Crippen LogP contribution is -2.44. The van der Waals surface area contributed by atoms with Crippen LogP contribution in [0.1, 0.15) is 49.7 Å². The maximum atomic E-state index is 15.0. The number of nitrogens with zero attached hydrogens (tertiary/aromatic N) is 1. The topological polar surface area (TPSA) is 87.5 Å². The molecule has 6 nitrogen and oxygen atoms in total. The molecule has 0 unspecified atom stereocenters. The summed E-state index contributed by atoms with van der Waals surface area (Å²) in [6.07, 6.45) is -0.295. The number of carbonyl (C=O) groups is 2. The van der Waals surface area contributed by atoms with Crippen molar-refractivity contribution in [3.8, 4) is 0 Å². The molecular weight excluding hydrogens is 440 g/mol. The van der Waals surface area contributed by atoms with Crippen LogP contribution in [0.4, 0.5) is 23.2 Å². The van der Waals surface area contributed by atoms with Crippen molar-refractivity contribution in [1.82, 2.24) is 10.2 Å². The third-order valence-corrected chi connectivity index (χ3v) is 6.35. The number of halogens is 4. The average molecular weight is 473 g/mol. The Kier molecular flexibility index (Phi) is 7.68. The van der Waals surface area contributed by atoms with E-state index in [0.717, 1.165) is 31.7 Å². The van der Waals surface area contributed by atoms with Gasteiger partial charge in [0.25, 0.3) is 0 Å². The Morgan fingerprint density at radius 2 is 1.70 bits per heavy atom. The van der Waals surface area contributed by atoms with Crippen LogP contribution in [0.3, 0.4) is 0 Å². The summed E-state index contributed by atoms with van der Waals surface area (Å²) in [5.74, 6) is -2.09. The first-order valence-electron chi connectivity index (χ1n) is 11.2. The molecule has 2 amide bonds. The van der Waals surface area contributed by atoms with Crippen molar-refractivity contribution in [2.45, 2.75) is 57.3 Å². The molecule has 0 aromatic heterocycles. The first-order valence-corrected chi connectivity index (χ1v) is 11.2. The van der Waals surface area contributed by atoms with E-state index in [1.54, 1.807) is 19.0 Å². The number of hydrogen-bond donors (Lipinski definition) is 3. The molecule has 0 bridgehead atoms. The zero-order valence-corrected chi connectivity index (χ0v) is 19.1. The minimum Gasteiger partial charge on any atom is -0.346 e. The Hall–Kier alpha value is -2.20. The molecule has 0 spiro atoms. The van der Waals surface area contributed by atoms with Crippen LogP contribution in [-0.2, 0) is 16.1 Å². The Labute approximate surface area is 191 Å². The Morgan fingerprint density at radius 1 is 1.12 bits per heavy atom. The molecule has 2 saturated carbocycles. The van der Waals surface area contributed by atoms with Crippen LogP contribution in [0.25, 0.3) is 0 Å². The molecule has 10 heteroatoms. The number of carbonyl (C=O) groups excluding carboxylic acids is 2. The van der Waals surface area contributed by atoms with Crippen molar-refractivity contribution in [3.63, 3.8) is 0 Å². The van der Waals surface area contributed by atoms with Crippen molar-refractivity contribution in [3.05, 3.63) is 29.1 Å². The summed E-state index contributed by atoms with van der Waals surface area (Å²) < 4.78 is 52.4. The fourth-order valence-electron chi connectivity index (χ4n) is 4.42. The van der Waals surface area contributed by atoms with Crippen molar-refractivity contribution in [2.75, 3.05) is 26.0 Å². The molecule has 0 saturated heterocycles. The van der Waals surface area contributed by atoms with Crippen LogP contribution in [-0.4, -0.2) is 49.6 Å². The van der Waals surface area contributed by atoms with E-state index in [2.05, 4.69) is 5.32 Å². The lowest BCUT2D eigenvalue weighted by atomic mass is 9.89. The maximum absolute atomic E-state index is 15.0. The predicted octanol–water partition coefficient (Wildman–Crippen LogP) is 3.37. The molecule has 2 atom stereocenters. The van der Waals surface area contributed by atoms with Gasteiger partial charge < -0.3 is 21.3 Å². The van der Waals surface area contributed by atoms with E-state index in [0.29, 0.717) is 23.9 Å². The summed E-state index contributed by atoms with van der Waals surface area (Å²) in [4.78, 5) is 26.9. The highest BCUT2D eigenvalue weighted by Crippen LogP contribution is 2.50. The maximum Gasteiger partial charge on any atom is 0.405 e. The third-order valence-electron chi connectivity index (χ3n) is 6.35. The quantitative estimate of drug-likeness (QED) is 0.456. The molecule has 4 N–H and O–H groups in total. The number of nitrogens with one attached hydrogen (secondary N) is 2. The van der Waals surface area contributed by atoms with Crippen LogP contribution in [0.2, 0.25) is 0 Å². The average Bonchev–Trinajstić information content (AvgIpc) is 3.62. The smallest absolute Gasteiger partial charge is 0.346 e. The molecule has 1 aromatic carbocycles. The van der Waals surface area contributed by atoms with Crippen molar-refractivity contribution in [1.29, 1.82) is 0 Å². The van der Waals surface area contributed by atoms with Crippen LogP contribution < -0.4 is 16.4 Å². The summed E-state index contributed by atoms with van der Waals surface area (Å²) in [5, 5.41) is 4.44. The SMILES string of the molecule is C[C@H](C(=O)NCC(F)(F)F)c1cc(F)c(NC(=O)[C@@H](N)C(C2CC2)C2CC2)cc1CN(C)C. The molecule has 1 aromatic rings. The van der Waals surface area contributed by atoms with Crippen LogP contribution >= 0.6 is 0 Å². The largest absolute Gasteiger partial charge is 0.405 e. The lowest BCUT2D eigenvalue weighted by Gasteiger charge is -2.24. The van der Waals surface area contributed by atoms with Gasteiger partial charge in [0.1, 0.15) is 12.4 Å². The molecule has 0 radical (unpaired) electrons. The molecule has 3 rings (SSSR count). The van der Waals surface area contributed by atoms with Gasteiger partial charge in [-0.15, -0.1) is 0 Å². The normalized spacial score (nSPS) is 18.4. The van der Waals surface area contributed by atoms with E-state index in [1.807, 2.05) is 5.32 Å². The van der Waals surface area contributed by atoms with E-state index >= 15 is 0 Å². The van der Waals surface area contributed by atoms with E-state index in [-0.39, 0.29) is 17.2 Å². The second kappa shape index (κ2) is 9.97. The Morgan fingerprint density at radius 3 is 2.18 bits per heavy atom. The fraction of sp³-hybridized carbons (Fsp3) is 0.652. The van der Waals surface area contributed by atoms with E-state index in [9.17, 15) is 27.2 Å². The van der Waals surface area contributed by atoms with Gasteiger partial charge in [-0.1, -0.05) is 0 Å². The zero-order valence-electron chi connectivity index (χ0n) is 19.1. The minimum absolute atomic E-state index is 0.0516.